The highest BCUT2D eigenvalue weighted by molar-refractivity contribution is 5.95. The number of fused-ring (bicyclic) bond motifs is 2. The fourth-order valence-corrected chi connectivity index (χ4v) is 5.79. The zero-order valence-electron chi connectivity index (χ0n) is 23.7. The van der Waals surface area contributed by atoms with Crippen molar-refractivity contribution >= 4 is 33.8 Å². The van der Waals surface area contributed by atoms with Crippen LogP contribution in [0.15, 0.2) is 97.7 Å². The minimum absolute atomic E-state index is 0.375. The Morgan fingerprint density at radius 1 is 0.955 bits per heavy atom. The summed E-state index contributed by atoms with van der Waals surface area (Å²) in [7, 11) is 0. The summed E-state index contributed by atoms with van der Waals surface area (Å²) in [5, 5.41) is 28.4. The number of para-hydroxylation sites is 1. The summed E-state index contributed by atoms with van der Waals surface area (Å²) in [6.45, 7) is 0.200. The Bertz CT molecular complexity index is 1900. The van der Waals surface area contributed by atoms with Crippen LogP contribution >= 0.6 is 0 Å². The van der Waals surface area contributed by atoms with Crippen LogP contribution in [-0.4, -0.2) is 72.0 Å². The average Bonchev–Trinajstić information content (AvgIpc) is 3.77. The van der Waals surface area contributed by atoms with Crippen molar-refractivity contribution in [1.29, 1.82) is 0 Å². The molecule has 7 rings (SSSR count). The van der Waals surface area contributed by atoms with Crippen LogP contribution in [0.1, 0.15) is 22.1 Å². The number of H-pyrrole nitrogens is 1. The fourth-order valence-electron chi connectivity index (χ4n) is 5.79. The molecule has 6 aromatic rings. The molecule has 1 aliphatic rings. The molecule has 1 fully saturated rings. The van der Waals surface area contributed by atoms with E-state index in [1.165, 1.54) is 17.3 Å². The molecule has 11 heteroatoms. The van der Waals surface area contributed by atoms with E-state index in [1.807, 2.05) is 66.9 Å². The van der Waals surface area contributed by atoms with Crippen LogP contribution in [-0.2, 0) is 11.2 Å². The summed E-state index contributed by atoms with van der Waals surface area (Å²) in [6, 6.07) is 24.4. The molecule has 222 valence electrons. The molecule has 1 aliphatic heterocycles. The molecular weight excluding hydrogens is 558 g/mol. The summed E-state index contributed by atoms with van der Waals surface area (Å²) in [6.07, 6.45) is 2.84. The molecule has 0 spiro atoms. The number of nitrogens with zero attached hydrogens (tertiary/aromatic N) is 4. The van der Waals surface area contributed by atoms with Gasteiger partial charge >= 0.3 is 0 Å². The highest BCUT2D eigenvalue weighted by Gasteiger charge is 2.46. The summed E-state index contributed by atoms with van der Waals surface area (Å²) in [5.74, 6) is 0.185. The van der Waals surface area contributed by atoms with E-state index in [0.29, 0.717) is 29.1 Å². The fraction of sp³-hybridized carbons (Fsp3) is 0.212. The van der Waals surface area contributed by atoms with E-state index in [4.69, 9.17) is 4.74 Å². The van der Waals surface area contributed by atoms with E-state index in [-0.39, 0.29) is 5.91 Å². The topological polar surface area (TPSA) is 150 Å². The maximum Gasteiger partial charge on any atom is 0.251 e. The first-order valence-electron chi connectivity index (χ1n) is 14.5. The minimum Gasteiger partial charge on any atom is -0.394 e. The van der Waals surface area contributed by atoms with E-state index in [0.717, 1.165) is 23.1 Å². The van der Waals surface area contributed by atoms with Crippen LogP contribution in [0.5, 0.6) is 0 Å². The largest absolute Gasteiger partial charge is 0.394 e. The van der Waals surface area contributed by atoms with Crippen LogP contribution in [0.4, 0.5) is 5.82 Å². The Morgan fingerprint density at radius 3 is 2.55 bits per heavy atom. The molecule has 0 aliphatic carbocycles. The lowest BCUT2D eigenvalue weighted by Gasteiger charge is -2.23. The molecule has 0 unspecified atom stereocenters. The Labute approximate surface area is 252 Å². The zero-order valence-corrected chi connectivity index (χ0v) is 23.7. The molecule has 0 bridgehead atoms. The second-order valence-electron chi connectivity index (χ2n) is 10.8. The summed E-state index contributed by atoms with van der Waals surface area (Å²) < 4.78 is 7.69. The monoisotopic (exact) mass is 589 g/mol. The molecule has 0 radical (unpaired) electrons. The number of carbonyl (C=O) groups is 1. The van der Waals surface area contributed by atoms with Crippen molar-refractivity contribution in [2.45, 2.75) is 30.9 Å². The number of amides is 1. The Balaban J connectivity index is 1.09. The standard InChI is InChI=1S/C33H31N7O4/c41-17-26-29(42)27(39-32(43)22-12-10-21(11-13-22)20-6-2-1-3-7-20)33(44-26)40-19-38-28-30(36-18-37-31(28)40)34-15-14-23-16-35-25-9-5-4-8-24(23)25/h1-13,16,18-19,26-27,29,33,35,41-42H,14-15,17H2,(H,39,43)(H,34,36,37)/t26-,27-,29-,33-/m1/s1. The van der Waals surface area contributed by atoms with Gasteiger partial charge < -0.3 is 30.6 Å². The predicted octanol–water partition coefficient (Wildman–Crippen LogP) is 3.68. The van der Waals surface area contributed by atoms with Gasteiger partial charge in [-0.2, -0.15) is 0 Å². The maximum absolute atomic E-state index is 13.3. The van der Waals surface area contributed by atoms with Crippen molar-refractivity contribution in [3.63, 3.8) is 0 Å². The van der Waals surface area contributed by atoms with Crippen LogP contribution in [0.2, 0.25) is 0 Å². The number of hydrogen-bond donors (Lipinski definition) is 5. The molecule has 3 aromatic carbocycles. The van der Waals surface area contributed by atoms with Gasteiger partial charge in [-0.1, -0.05) is 60.7 Å². The number of ether oxygens (including phenoxy) is 1. The molecule has 4 atom stereocenters. The molecular formula is C33H31N7O4. The Hall–Kier alpha value is -5.10. The third kappa shape index (κ3) is 5.17. The van der Waals surface area contributed by atoms with E-state index < -0.39 is 31.1 Å². The number of aliphatic hydroxyl groups excluding tert-OH is 2. The van der Waals surface area contributed by atoms with Crippen LogP contribution < -0.4 is 10.6 Å². The second kappa shape index (κ2) is 11.9. The molecule has 44 heavy (non-hydrogen) atoms. The van der Waals surface area contributed by atoms with Gasteiger partial charge in [-0.15, -0.1) is 0 Å². The quantitative estimate of drug-likeness (QED) is 0.171. The normalized spacial score (nSPS) is 19.9. The van der Waals surface area contributed by atoms with E-state index >= 15 is 0 Å². The van der Waals surface area contributed by atoms with Gasteiger partial charge in [0.2, 0.25) is 0 Å². The van der Waals surface area contributed by atoms with Crippen molar-refractivity contribution < 1.29 is 19.7 Å². The second-order valence-corrected chi connectivity index (χ2v) is 10.8. The molecule has 5 N–H and O–H groups in total. The lowest BCUT2D eigenvalue weighted by atomic mass is 10.0. The number of anilines is 1. The first-order valence-corrected chi connectivity index (χ1v) is 14.5. The Kier molecular flexibility index (Phi) is 7.49. The number of aromatic amines is 1. The number of hydrogen-bond acceptors (Lipinski definition) is 8. The highest BCUT2D eigenvalue weighted by atomic mass is 16.5. The average molecular weight is 590 g/mol. The van der Waals surface area contributed by atoms with Crippen molar-refractivity contribution in [3.05, 3.63) is 109 Å². The molecule has 0 saturated carbocycles. The van der Waals surface area contributed by atoms with Crippen LogP contribution in [0.3, 0.4) is 0 Å². The van der Waals surface area contributed by atoms with Crippen molar-refractivity contribution in [3.8, 4) is 11.1 Å². The third-order valence-corrected chi connectivity index (χ3v) is 8.10. The summed E-state index contributed by atoms with van der Waals surface area (Å²) in [5.41, 5.74) is 5.75. The molecule has 3 aromatic heterocycles. The Morgan fingerprint density at radius 2 is 1.73 bits per heavy atom. The lowest BCUT2D eigenvalue weighted by Crippen LogP contribution is -2.46. The van der Waals surface area contributed by atoms with Crippen LogP contribution in [0, 0.1) is 0 Å². The number of imidazole rings is 1. The first kappa shape index (κ1) is 27.7. The highest BCUT2D eigenvalue weighted by Crippen LogP contribution is 2.33. The van der Waals surface area contributed by atoms with Gasteiger partial charge in [0, 0.05) is 29.2 Å². The smallest absolute Gasteiger partial charge is 0.251 e. The number of aliphatic hydroxyl groups is 2. The first-order chi connectivity index (χ1) is 21.6. The lowest BCUT2D eigenvalue weighted by molar-refractivity contribution is -0.0440. The van der Waals surface area contributed by atoms with E-state index in [1.54, 1.807) is 23.0 Å². The molecule has 11 nitrogen and oxygen atoms in total. The van der Waals surface area contributed by atoms with Crippen LogP contribution in [0.25, 0.3) is 33.2 Å². The third-order valence-electron chi connectivity index (χ3n) is 8.10. The number of carbonyl (C=O) groups excluding carboxylic acids is 1. The zero-order chi connectivity index (χ0) is 30.0. The van der Waals surface area contributed by atoms with Gasteiger partial charge in [-0.05, 0) is 41.3 Å². The summed E-state index contributed by atoms with van der Waals surface area (Å²) >= 11 is 0. The van der Waals surface area contributed by atoms with Gasteiger partial charge in [0.1, 0.15) is 24.6 Å². The molecule has 1 amide bonds. The molecule has 1 saturated heterocycles. The van der Waals surface area contributed by atoms with Gasteiger partial charge in [-0.3, -0.25) is 9.36 Å². The van der Waals surface area contributed by atoms with E-state index in [9.17, 15) is 15.0 Å². The molecule has 4 heterocycles. The maximum atomic E-state index is 13.3. The SMILES string of the molecule is O=C(N[C@@H]1[C@H](O)[C@@H](CO)O[C@H]1n1cnc2c(NCCc3c[nH]c4ccccc34)ncnc21)c1ccc(-c2ccccc2)cc1. The number of benzene rings is 3. The number of nitrogens with one attached hydrogen (secondary N) is 3. The van der Waals surface area contributed by atoms with Gasteiger partial charge in [-0.25, -0.2) is 15.0 Å². The predicted molar refractivity (Wildman–Crippen MR) is 166 cm³/mol. The van der Waals surface area contributed by atoms with Crippen molar-refractivity contribution in [2.24, 2.45) is 0 Å². The van der Waals surface area contributed by atoms with Gasteiger partial charge in [0.25, 0.3) is 5.91 Å². The number of rotatable bonds is 9. The van der Waals surface area contributed by atoms with Gasteiger partial charge in [0.15, 0.2) is 23.2 Å². The van der Waals surface area contributed by atoms with Gasteiger partial charge in [0.05, 0.1) is 12.9 Å². The van der Waals surface area contributed by atoms with Crippen molar-refractivity contribution in [1.82, 2.24) is 29.8 Å². The van der Waals surface area contributed by atoms with Crippen molar-refractivity contribution in [2.75, 3.05) is 18.5 Å². The minimum atomic E-state index is -1.16. The number of aromatic nitrogens is 5. The van der Waals surface area contributed by atoms with E-state index in [2.05, 4.69) is 36.6 Å². The summed E-state index contributed by atoms with van der Waals surface area (Å²) in [4.78, 5) is 30.0.